The van der Waals surface area contributed by atoms with E-state index < -0.39 is 36.6 Å². The van der Waals surface area contributed by atoms with Crippen molar-refractivity contribution in [2.24, 2.45) is 0 Å². The van der Waals surface area contributed by atoms with Crippen LogP contribution in [0.4, 0.5) is 0 Å². The molecule has 5 nitrogen and oxygen atoms in total. The fourth-order valence-electron chi connectivity index (χ4n) is 1.50. The molecule has 1 aromatic rings. The van der Waals surface area contributed by atoms with E-state index in [2.05, 4.69) is 0 Å². The van der Waals surface area contributed by atoms with Crippen LogP contribution in [0.3, 0.4) is 0 Å². The monoisotopic (exact) mass is 328 g/mol. The number of benzene rings is 1. The summed E-state index contributed by atoms with van der Waals surface area (Å²) in [6.07, 6.45) is 0. The molecule has 0 fully saturated rings. The molecule has 0 saturated carbocycles. The summed E-state index contributed by atoms with van der Waals surface area (Å²) < 4.78 is 32.5. The number of halogens is 2. The quantitative estimate of drug-likeness (QED) is 0.470. The van der Waals surface area contributed by atoms with Crippen LogP contribution in [0.2, 0.25) is 0 Å². The zero-order valence-corrected chi connectivity index (χ0v) is 13.8. The number of Topliss-reactive ketones (excluding diaryl/α,β-unsaturated/α-hetero) is 2. The van der Waals surface area contributed by atoms with Gasteiger partial charge >= 0.3 is 29.6 Å². The van der Waals surface area contributed by atoms with Gasteiger partial charge in [0.15, 0.2) is 0 Å². The van der Waals surface area contributed by atoms with Gasteiger partial charge in [0.25, 0.3) is 0 Å². The first-order valence-corrected chi connectivity index (χ1v) is 6.64. The van der Waals surface area contributed by atoms with E-state index in [1.165, 1.54) is 0 Å². The van der Waals surface area contributed by atoms with Gasteiger partial charge in [-0.15, -0.1) is 0 Å². The van der Waals surface area contributed by atoms with Crippen molar-refractivity contribution >= 4 is 44.9 Å². The van der Waals surface area contributed by atoms with Crippen LogP contribution in [-0.4, -0.2) is 24.5 Å². The summed E-state index contributed by atoms with van der Waals surface area (Å²) in [5, 5.41) is -0.915. The van der Waals surface area contributed by atoms with E-state index >= 15 is 0 Å². The Bertz CT molecular complexity index is 723. The maximum atomic E-state index is 11.7. The zero-order valence-electron chi connectivity index (χ0n) is 9.44. The summed E-state index contributed by atoms with van der Waals surface area (Å²) in [5.41, 5.74) is -0.326. The van der Waals surface area contributed by atoms with Gasteiger partial charge < -0.3 is 4.55 Å². The van der Waals surface area contributed by atoms with Gasteiger partial charge in [-0.1, -0.05) is 23.2 Å². The Kier molecular flexibility index (Phi) is 5.01. The molecular formula is C10H3Cl2NaO5S. The molecule has 9 heteroatoms. The molecule has 0 atom stereocenters. The molecule has 1 aliphatic carbocycles. The largest absolute Gasteiger partial charge is 1.00 e. The fraction of sp³-hybridized carbons (Fsp3) is 0. The Morgan fingerprint density at radius 1 is 0.947 bits per heavy atom. The molecule has 0 spiro atoms. The summed E-state index contributed by atoms with van der Waals surface area (Å²) >= 11 is 11.1. The third-order valence-electron chi connectivity index (χ3n) is 2.36. The van der Waals surface area contributed by atoms with Crippen LogP contribution in [0.25, 0.3) is 0 Å². The number of hydrogen-bond donors (Lipinski definition) is 0. The number of carbonyl (C=O) groups excluding carboxylic acids is 2. The van der Waals surface area contributed by atoms with Gasteiger partial charge in [-0.2, -0.15) is 0 Å². The van der Waals surface area contributed by atoms with Crippen molar-refractivity contribution in [3.8, 4) is 0 Å². The van der Waals surface area contributed by atoms with Gasteiger partial charge in [0.1, 0.15) is 20.2 Å². The predicted molar refractivity (Wildman–Crippen MR) is 61.8 cm³/mol. The van der Waals surface area contributed by atoms with Crippen LogP contribution >= 0.6 is 23.2 Å². The molecule has 2 rings (SSSR count). The number of ketones is 2. The van der Waals surface area contributed by atoms with Gasteiger partial charge in [-0.3, -0.25) is 9.59 Å². The molecular weight excluding hydrogens is 326 g/mol. The Labute approximate surface area is 140 Å². The first kappa shape index (κ1) is 16.8. The minimum atomic E-state index is -4.71. The maximum Gasteiger partial charge on any atom is 1.00 e. The smallest absolute Gasteiger partial charge is 0.744 e. The molecule has 0 N–H and O–H groups in total. The number of allylic oxidation sites excluding steroid dienone is 2. The Balaban J connectivity index is 0.00000180. The van der Waals surface area contributed by atoms with Crippen molar-refractivity contribution < 1.29 is 52.1 Å². The van der Waals surface area contributed by atoms with E-state index in [4.69, 9.17) is 23.2 Å². The predicted octanol–water partition coefficient (Wildman–Crippen LogP) is -1.34. The third-order valence-corrected chi connectivity index (χ3v) is 4.01. The molecule has 1 aliphatic rings. The first-order valence-electron chi connectivity index (χ1n) is 4.48. The van der Waals surface area contributed by atoms with Crippen LogP contribution in [0.5, 0.6) is 0 Å². The first-order chi connectivity index (χ1) is 8.23. The number of hydrogen-bond acceptors (Lipinski definition) is 5. The zero-order chi connectivity index (χ0) is 13.7. The molecule has 0 unspecified atom stereocenters. The molecule has 0 radical (unpaired) electrons. The van der Waals surface area contributed by atoms with E-state index in [0.717, 1.165) is 18.2 Å². The molecule has 0 aliphatic heterocycles. The Morgan fingerprint density at radius 3 is 1.89 bits per heavy atom. The van der Waals surface area contributed by atoms with Crippen LogP contribution in [0.1, 0.15) is 20.7 Å². The Hall–Kier alpha value is -0.210. The molecule has 0 amide bonds. The average molecular weight is 329 g/mol. The van der Waals surface area contributed by atoms with Crippen LogP contribution in [0, 0.1) is 0 Å². The van der Waals surface area contributed by atoms with E-state index in [9.17, 15) is 22.6 Å². The van der Waals surface area contributed by atoms with Gasteiger partial charge in [-0.25, -0.2) is 8.42 Å². The molecule has 19 heavy (non-hydrogen) atoms. The van der Waals surface area contributed by atoms with E-state index in [-0.39, 0.29) is 40.7 Å². The van der Waals surface area contributed by atoms with Crippen LogP contribution < -0.4 is 29.6 Å². The van der Waals surface area contributed by atoms with E-state index in [1.807, 2.05) is 0 Å². The van der Waals surface area contributed by atoms with Crippen LogP contribution in [0.15, 0.2) is 33.2 Å². The SMILES string of the molecule is O=C1C(Cl)=C(Cl)C(=O)c2cc(S(=O)(=O)[O-])ccc21.[Na+]. The normalized spacial score (nSPS) is 15.1. The molecule has 0 aromatic heterocycles. The number of rotatable bonds is 1. The van der Waals surface area contributed by atoms with Crippen molar-refractivity contribution in [3.05, 3.63) is 39.4 Å². The molecule has 0 saturated heterocycles. The van der Waals surface area contributed by atoms with Crippen LogP contribution in [-0.2, 0) is 10.1 Å². The average Bonchev–Trinajstić information content (AvgIpc) is 2.32. The van der Waals surface area contributed by atoms with Crippen molar-refractivity contribution in [3.63, 3.8) is 0 Å². The van der Waals surface area contributed by atoms with Crippen molar-refractivity contribution in [2.45, 2.75) is 4.90 Å². The van der Waals surface area contributed by atoms with Gasteiger partial charge in [0.2, 0.25) is 11.6 Å². The van der Waals surface area contributed by atoms with E-state index in [0.29, 0.717) is 0 Å². The second-order valence-electron chi connectivity index (χ2n) is 3.45. The topological polar surface area (TPSA) is 91.3 Å². The number of fused-ring (bicyclic) bond motifs is 1. The minimum absolute atomic E-state index is 0. The third kappa shape index (κ3) is 2.95. The van der Waals surface area contributed by atoms with Gasteiger partial charge in [-0.05, 0) is 18.2 Å². The summed E-state index contributed by atoms with van der Waals surface area (Å²) in [4.78, 5) is 22.8. The number of carbonyl (C=O) groups is 2. The second-order valence-corrected chi connectivity index (χ2v) is 5.58. The molecule has 94 valence electrons. The maximum absolute atomic E-state index is 11.7. The van der Waals surface area contributed by atoms with E-state index in [1.54, 1.807) is 0 Å². The second kappa shape index (κ2) is 5.65. The van der Waals surface area contributed by atoms with Crippen molar-refractivity contribution in [1.82, 2.24) is 0 Å². The van der Waals surface area contributed by atoms with Gasteiger partial charge in [0, 0.05) is 11.1 Å². The van der Waals surface area contributed by atoms with Crippen molar-refractivity contribution in [1.29, 1.82) is 0 Å². The molecule has 0 heterocycles. The summed E-state index contributed by atoms with van der Waals surface area (Å²) in [6.45, 7) is 0. The summed E-state index contributed by atoms with van der Waals surface area (Å²) in [6, 6.07) is 2.82. The standard InChI is InChI=1S/C10H4Cl2O5S.Na/c11-7-8(12)10(14)6-3-4(18(15,16)17)1-2-5(6)9(7)13;/h1-3H,(H,15,16,17);/q;+1/p-1. The molecule has 1 aromatic carbocycles. The fourth-order valence-corrected chi connectivity index (χ4v) is 2.37. The molecule has 0 bridgehead atoms. The summed E-state index contributed by atoms with van der Waals surface area (Å²) in [5.74, 6) is -1.48. The minimum Gasteiger partial charge on any atom is -0.744 e. The Morgan fingerprint density at radius 2 is 1.42 bits per heavy atom. The summed E-state index contributed by atoms with van der Waals surface area (Å²) in [7, 11) is -4.71. The van der Waals surface area contributed by atoms with Gasteiger partial charge in [0.05, 0.1) is 4.90 Å². The van der Waals surface area contributed by atoms with Crippen molar-refractivity contribution in [2.75, 3.05) is 0 Å².